The summed E-state index contributed by atoms with van der Waals surface area (Å²) in [5, 5.41) is 3.14. The largest absolute Gasteiger partial charge is 0.492 e. The molecule has 0 aliphatic carbocycles. The molecule has 8 nitrogen and oxygen atoms in total. The first-order valence-electron chi connectivity index (χ1n) is 12.7. The Hall–Kier alpha value is -3.56. The number of sulfonamides is 1. The predicted octanol–water partition coefficient (Wildman–Crippen LogP) is 4.80. The third-order valence-corrected chi connectivity index (χ3v) is 8.26. The fourth-order valence-corrected chi connectivity index (χ4v) is 5.61. The van der Waals surface area contributed by atoms with E-state index in [9.17, 15) is 18.0 Å². The van der Waals surface area contributed by atoms with Gasteiger partial charge in [-0.25, -0.2) is 8.42 Å². The summed E-state index contributed by atoms with van der Waals surface area (Å²) in [6, 6.07) is 19.1. The van der Waals surface area contributed by atoms with E-state index >= 15 is 0 Å². The minimum atomic E-state index is -4.23. The number of carbonyl (C=O) groups excluding carboxylic acids is 2. The van der Waals surface area contributed by atoms with Gasteiger partial charge in [0.1, 0.15) is 18.3 Å². The Labute approximate surface area is 235 Å². The molecule has 10 heteroatoms. The van der Waals surface area contributed by atoms with Crippen molar-refractivity contribution in [3.63, 3.8) is 0 Å². The topological polar surface area (TPSA) is 96.0 Å². The Balaban J connectivity index is 2.09. The zero-order chi connectivity index (χ0) is 28.6. The standard InChI is InChI=1S/C29H34ClN3O5S/c1-5-31-29(35)22(4)32(19-23-12-8-7-11-21(23)3)28(34)20-33(26-13-9-10-14-27(26)38-6-2)39(36,37)25-17-15-24(30)16-18-25/h7-18,22H,5-6,19-20H2,1-4H3,(H,31,35)/t22-/m1/s1. The van der Waals surface area contributed by atoms with Crippen molar-refractivity contribution in [2.45, 2.75) is 45.2 Å². The normalized spacial score (nSPS) is 11.9. The second-order valence-electron chi connectivity index (χ2n) is 8.89. The van der Waals surface area contributed by atoms with E-state index < -0.39 is 28.5 Å². The van der Waals surface area contributed by atoms with E-state index in [2.05, 4.69) is 5.32 Å². The molecule has 39 heavy (non-hydrogen) atoms. The Kier molecular flexibility index (Phi) is 10.4. The lowest BCUT2D eigenvalue weighted by Gasteiger charge is -2.32. The van der Waals surface area contributed by atoms with Crippen molar-refractivity contribution < 1.29 is 22.7 Å². The number of hydrogen-bond donors (Lipinski definition) is 1. The van der Waals surface area contributed by atoms with E-state index in [1.807, 2.05) is 31.2 Å². The van der Waals surface area contributed by atoms with Crippen LogP contribution in [0.15, 0.2) is 77.7 Å². The highest BCUT2D eigenvalue weighted by molar-refractivity contribution is 7.92. The first-order chi connectivity index (χ1) is 18.6. The number of nitrogens with one attached hydrogen (secondary N) is 1. The van der Waals surface area contributed by atoms with E-state index in [1.165, 1.54) is 29.2 Å². The molecule has 0 unspecified atom stereocenters. The third kappa shape index (κ3) is 7.30. The van der Waals surface area contributed by atoms with Gasteiger partial charge >= 0.3 is 0 Å². The Morgan fingerprint density at radius 1 is 0.974 bits per heavy atom. The van der Waals surface area contributed by atoms with Gasteiger partial charge in [-0.2, -0.15) is 0 Å². The van der Waals surface area contributed by atoms with Gasteiger partial charge in [0, 0.05) is 18.1 Å². The average molecular weight is 572 g/mol. The highest BCUT2D eigenvalue weighted by atomic mass is 35.5. The molecular formula is C29H34ClN3O5S. The Bertz CT molecular complexity index is 1400. The van der Waals surface area contributed by atoms with Gasteiger partial charge in [-0.05, 0) is 75.2 Å². The third-order valence-electron chi connectivity index (χ3n) is 6.23. The number of rotatable bonds is 12. The van der Waals surface area contributed by atoms with Crippen LogP contribution in [0.5, 0.6) is 5.75 Å². The van der Waals surface area contributed by atoms with Gasteiger partial charge in [0.05, 0.1) is 17.2 Å². The number of aryl methyl sites for hydroxylation is 1. The Morgan fingerprint density at radius 3 is 2.26 bits per heavy atom. The molecule has 1 N–H and O–H groups in total. The van der Waals surface area contributed by atoms with Crippen LogP contribution in [0, 0.1) is 6.92 Å². The van der Waals surface area contributed by atoms with Crippen molar-refractivity contribution >= 4 is 39.1 Å². The van der Waals surface area contributed by atoms with Crippen LogP contribution in [-0.4, -0.2) is 50.9 Å². The monoisotopic (exact) mass is 571 g/mol. The SMILES string of the molecule is CCNC(=O)[C@@H](C)N(Cc1ccccc1C)C(=O)CN(c1ccccc1OCC)S(=O)(=O)c1ccc(Cl)cc1. The van der Waals surface area contributed by atoms with Gasteiger partial charge in [-0.3, -0.25) is 13.9 Å². The van der Waals surface area contributed by atoms with E-state index in [1.54, 1.807) is 45.0 Å². The summed E-state index contributed by atoms with van der Waals surface area (Å²) in [4.78, 5) is 28.2. The van der Waals surface area contributed by atoms with Gasteiger partial charge in [0.2, 0.25) is 11.8 Å². The average Bonchev–Trinajstić information content (AvgIpc) is 2.91. The van der Waals surface area contributed by atoms with Gasteiger partial charge in [-0.1, -0.05) is 48.0 Å². The molecule has 0 aromatic heterocycles. The number of para-hydroxylation sites is 2. The van der Waals surface area contributed by atoms with E-state index in [-0.39, 0.29) is 23.0 Å². The summed E-state index contributed by atoms with van der Waals surface area (Å²) in [5.41, 5.74) is 2.01. The molecule has 0 aliphatic heterocycles. The number of carbonyl (C=O) groups is 2. The van der Waals surface area contributed by atoms with Gasteiger partial charge < -0.3 is 15.0 Å². The lowest BCUT2D eigenvalue weighted by Crippen LogP contribution is -2.51. The van der Waals surface area contributed by atoms with Crippen LogP contribution in [0.25, 0.3) is 0 Å². The number of anilines is 1. The van der Waals surface area contributed by atoms with Crippen LogP contribution in [0.2, 0.25) is 5.02 Å². The molecule has 3 aromatic rings. The lowest BCUT2D eigenvalue weighted by atomic mass is 10.1. The number of ether oxygens (including phenoxy) is 1. The smallest absolute Gasteiger partial charge is 0.264 e. The molecule has 2 amide bonds. The van der Waals surface area contributed by atoms with Crippen LogP contribution in [0.3, 0.4) is 0 Å². The summed E-state index contributed by atoms with van der Waals surface area (Å²) in [5.74, 6) is -0.560. The maximum Gasteiger partial charge on any atom is 0.264 e. The molecule has 0 aliphatic rings. The molecule has 208 valence electrons. The molecule has 1 atom stereocenters. The van der Waals surface area contributed by atoms with Gasteiger partial charge in [0.15, 0.2) is 0 Å². The minimum absolute atomic E-state index is 0.0340. The van der Waals surface area contributed by atoms with Gasteiger partial charge in [0.25, 0.3) is 10.0 Å². The molecule has 0 spiro atoms. The fraction of sp³-hybridized carbons (Fsp3) is 0.310. The molecule has 3 rings (SSSR count). The van der Waals surface area contributed by atoms with Crippen LogP contribution >= 0.6 is 11.6 Å². The van der Waals surface area contributed by atoms with E-state index in [0.29, 0.717) is 23.9 Å². The van der Waals surface area contributed by atoms with Crippen LogP contribution in [0.4, 0.5) is 5.69 Å². The van der Waals surface area contributed by atoms with Crippen LogP contribution in [-0.2, 0) is 26.2 Å². The minimum Gasteiger partial charge on any atom is -0.492 e. The molecule has 0 bridgehead atoms. The van der Waals surface area contributed by atoms with Crippen molar-refractivity contribution in [3.8, 4) is 5.75 Å². The van der Waals surface area contributed by atoms with Crippen LogP contribution < -0.4 is 14.4 Å². The maximum absolute atomic E-state index is 14.0. The molecule has 0 heterocycles. The molecule has 0 radical (unpaired) electrons. The number of amides is 2. The van der Waals surface area contributed by atoms with Crippen molar-refractivity contribution in [1.29, 1.82) is 0 Å². The maximum atomic E-state index is 14.0. The number of halogens is 1. The molecule has 0 saturated carbocycles. The Morgan fingerprint density at radius 2 is 1.62 bits per heavy atom. The molecule has 0 saturated heterocycles. The molecular weight excluding hydrogens is 538 g/mol. The second-order valence-corrected chi connectivity index (χ2v) is 11.2. The second kappa shape index (κ2) is 13.5. The van der Waals surface area contributed by atoms with Crippen molar-refractivity contribution in [2.75, 3.05) is 24.0 Å². The summed E-state index contributed by atoms with van der Waals surface area (Å²) in [7, 11) is -4.23. The van der Waals surface area contributed by atoms with Crippen molar-refractivity contribution in [2.24, 2.45) is 0 Å². The van der Waals surface area contributed by atoms with Crippen LogP contribution in [0.1, 0.15) is 31.9 Å². The van der Waals surface area contributed by atoms with E-state index in [0.717, 1.165) is 15.4 Å². The van der Waals surface area contributed by atoms with Gasteiger partial charge in [-0.15, -0.1) is 0 Å². The van der Waals surface area contributed by atoms with Crippen molar-refractivity contribution in [1.82, 2.24) is 10.2 Å². The predicted molar refractivity (Wildman–Crippen MR) is 153 cm³/mol. The summed E-state index contributed by atoms with van der Waals surface area (Å²) in [6.45, 7) is 7.41. The molecule has 3 aromatic carbocycles. The summed E-state index contributed by atoms with van der Waals surface area (Å²) in [6.07, 6.45) is 0. The zero-order valence-corrected chi connectivity index (χ0v) is 24.1. The van der Waals surface area contributed by atoms with Crippen molar-refractivity contribution in [3.05, 3.63) is 88.9 Å². The molecule has 0 fully saturated rings. The first-order valence-corrected chi connectivity index (χ1v) is 14.5. The quantitative estimate of drug-likeness (QED) is 0.337. The number of benzene rings is 3. The summed E-state index contributed by atoms with van der Waals surface area (Å²) >= 11 is 6.00. The lowest BCUT2D eigenvalue weighted by molar-refractivity contribution is -0.139. The summed E-state index contributed by atoms with van der Waals surface area (Å²) < 4.78 is 34.7. The number of nitrogens with zero attached hydrogens (tertiary/aromatic N) is 2. The highest BCUT2D eigenvalue weighted by Gasteiger charge is 2.33. The first kappa shape index (κ1) is 30.0. The van der Waals surface area contributed by atoms with E-state index in [4.69, 9.17) is 16.3 Å². The number of hydrogen-bond acceptors (Lipinski definition) is 5. The zero-order valence-electron chi connectivity index (χ0n) is 22.6. The number of likely N-dealkylation sites (N-methyl/N-ethyl adjacent to an activating group) is 1. The fourth-order valence-electron chi connectivity index (χ4n) is 4.06. The highest BCUT2D eigenvalue weighted by Crippen LogP contribution is 2.33.